The van der Waals surface area contributed by atoms with Gasteiger partial charge in [0.25, 0.3) is 0 Å². The van der Waals surface area contributed by atoms with E-state index >= 15 is 0 Å². The minimum Gasteiger partial charge on any atom is -0.384 e. The fourth-order valence-electron chi connectivity index (χ4n) is 2.69. The summed E-state index contributed by atoms with van der Waals surface area (Å²) >= 11 is 3.56. The number of aromatic nitrogens is 4. The van der Waals surface area contributed by atoms with Gasteiger partial charge in [-0.05, 0) is 36.8 Å². The molecule has 2 aromatic carbocycles. The van der Waals surface area contributed by atoms with Gasteiger partial charge in [-0.15, -0.1) is 0 Å². The van der Waals surface area contributed by atoms with Crippen molar-refractivity contribution in [3.05, 3.63) is 64.9 Å². The lowest BCUT2D eigenvalue weighted by atomic mass is 10.2. The zero-order valence-electron chi connectivity index (χ0n) is 13.4. The molecule has 0 saturated carbocycles. The van der Waals surface area contributed by atoms with E-state index in [0.717, 1.165) is 26.8 Å². The molecule has 25 heavy (non-hydrogen) atoms. The Morgan fingerprint density at radius 3 is 2.76 bits per heavy atom. The van der Waals surface area contributed by atoms with E-state index < -0.39 is 0 Å². The smallest absolute Gasteiger partial charge is 0.214 e. The van der Waals surface area contributed by atoms with Gasteiger partial charge in [0.1, 0.15) is 18.0 Å². The van der Waals surface area contributed by atoms with Crippen LogP contribution < -0.4 is 11.1 Å². The predicted molar refractivity (Wildman–Crippen MR) is 103 cm³/mol. The summed E-state index contributed by atoms with van der Waals surface area (Å²) in [5, 5.41) is 3.41. The van der Waals surface area contributed by atoms with E-state index in [1.165, 1.54) is 6.33 Å². The zero-order valence-corrected chi connectivity index (χ0v) is 15.0. The lowest BCUT2D eigenvalue weighted by Gasteiger charge is -2.12. The van der Waals surface area contributed by atoms with Crippen LogP contribution in [-0.2, 0) is 0 Å². The number of nitrogens with zero attached hydrogens (tertiary/aromatic N) is 4. The zero-order chi connectivity index (χ0) is 17.4. The van der Waals surface area contributed by atoms with Gasteiger partial charge in [0.2, 0.25) is 5.95 Å². The average Bonchev–Trinajstić information content (AvgIpc) is 2.97. The van der Waals surface area contributed by atoms with Crippen molar-refractivity contribution in [1.82, 2.24) is 19.5 Å². The fourth-order valence-corrected chi connectivity index (χ4v) is 3.06. The van der Waals surface area contributed by atoms with E-state index in [2.05, 4.69) is 31.2 Å². The number of hydrogen-bond acceptors (Lipinski definition) is 5. The Balaban J connectivity index is 1.92. The standard InChI is InChI=1S/C18H15BrN6/c1-11-12(19)5-4-7-13(11)23-18-24-14-6-2-3-8-15(14)25(18)17-9-16(20)21-10-22-17/h2-10H,1H3,(H,23,24)(H2,20,21,22). The second kappa shape index (κ2) is 6.18. The number of nitrogens with one attached hydrogen (secondary N) is 1. The molecule has 0 atom stereocenters. The van der Waals surface area contributed by atoms with Crippen LogP contribution in [0.25, 0.3) is 16.9 Å². The van der Waals surface area contributed by atoms with Crippen molar-refractivity contribution in [3.8, 4) is 5.82 Å². The normalized spacial score (nSPS) is 11.0. The molecule has 0 aliphatic carbocycles. The van der Waals surface area contributed by atoms with E-state index in [0.29, 0.717) is 17.6 Å². The number of imidazole rings is 1. The van der Waals surface area contributed by atoms with E-state index in [4.69, 9.17) is 10.7 Å². The number of benzene rings is 2. The first-order chi connectivity index (χ1) is 12.1. The molecular weight excluding hydrogens is 380 g/mol. The van der Waals surface area contributed by atoms with Crippen LogP contribution in [0.2, 0.25) is 0 Å². The number of halogens is 1. The molecule has 0 radical (unpaired) electrons. The maximum atomic E-state index is 5.84. The Kier molecular flexibility index (Phi) is 3.85. The third kappa shape index (κ3) is 2.83. The van der Waals surface area contributed by atoms with E-state index in [1.807, 2.05) is 54.0 Å². The Hall–Kier alpha value is -2.93. The fraction of sp³-hybridized carbons (Fsp3) is 0.0556. The van der Waals surface area contributed by atoms with Gasteiger partial charge < -0.3 is 11.1 Å². The summed E-state index contributed by atoms with van der Waals surface area (Å²) in [5.74, 6) is 1.74. The van der Waals surface area contributed by atoms with Gasteiger partial charge in [0, 0.05) is 16.2 Å². The highest BCUT2D eigenvalue weighted by Crippen LogP contribution is 2.30. The van der Waals surface area contributed by atoms with Gasteiger partial charge in [0.15, 0.2) is 0 Å². The molecule has 0 fully saturated rings. The minimum atomic E-state index is 0.410. The molecule has 124 valence electrons. The van der Waals surface area contributed by atoms with Crippen LogP contribution in [-0.4, -0.2) is 19.5 Å². The van der Waals surface area contributed by atoms with Crippen LogP contribution in [0.15, 0.2) is 59.3 Å². The van der Waals surface area contributed by atoms with Crippen LogP contribution in [0.1, 0.15) is 5.56 Å². The Bertz CT molecular complexity index is 1070. The summed E-state index contributed by atoms with van der Waals surface area (Å²) in [6, 6.07) is 15.6. The second-order valence-electron chi connectivity index (χ2n) is 5.60. The van der Waals surface area contributed by atoms with Crippen LogP contribution in [0.4, 0.5) is 17.5 Å². The highest BCUT2D eigenvalue weighted by molar-refractivity contribution is 9.10. The summed E-state index contributed by atoms with van der Waals surface area (Å²) < 4.78 is 2.97. The topological polar surface area (TPSA) is 81.7 Å². The third-order valence-corrected chi connectivity index (χ3v) is 4.84. The first-order valence-corrected chi connectivity index (χ1v) is 8.50. The highest BCUT2D eigenvalue weighted by Gasteiger charge is 2.15. The summed E-state index contributed by atoms with van der Waals surface area (Å²) in [7, 11) is 0. The van der Waals surface area contributed by atoms with Crippen LogP contribution in [0.3, 0.4) is 0 Å². The van der Waals surface area contributed by atoms with Crippen LogP contribution in [0, 0.1) is 6.92 Å². The number of hydrogen-bond donors (Lipinski definition) is 2. The Labute approximate surface area is 152 Å². The maximum absolute atomic E-state index is 5.84. The molecule has 7 heteroatoms. The Morgan fingerprint density at radius 2 is 1.92 bits per heavy atom. The van der Waals surface area contributed by atoms with Crippen molar-refractivity contribution in [2.75, 3.05) is 11.1 Å². The van der Waals surface area contributed by atoms with Gasteiger partial charge in [-0.25, -0.2) is 15.0 Å². The molecule has 0 bridgehead atoms. The predicted octanol–water partition coefficient (Wildman–Crippen LogP) is 4.21. The maximum Gasteiger partial charge on any atom is 0.214 e. The SMILES string of the molecule is Cc1c(Br)cccc1Nc1nc2ccccc2n1-c1cc(N)ncn1. The molecule has 0 saturated heterocycles. The summed E-state index contributed by atoms with van der Waals surface area (Å²) in [5.41, 5.74) is 9.72. The Morgan fingerprint density at radius 1 is 1.08 bits per heavy atom. The molecule has 4 aromatic rings. The summed E-state index contributed by atoms with van der Waals surface area (Å²) in [4.78, 5) is 13.1. The number of nitrogen functional groups attached to an aromatic ring is 1. The number of fused-ring (bicyclic) bond motifs is 1. The van der Waals surface area contributed by atoms with Crippen molar-refractivity contribution >= 4 is 44.4 Å². The van der Waals surface area contributed by atoms with Crippen LogP contribution in [0.5, 0.6) is 0 Å². The largest absolute Gasteiger partial charge is 0.384 e. The van der Waals surface area contributed by atoms with Crippen LogP contribution >= 0.6 is 15.9 Å². The molecule has 2 aromatic heterocycles. The first-order valence-electron chi connectivity index (χ1n) is 7.71. The summed E-state index contributed by atoms with van der Waals surface area (Å²) in [6.45, 7) is 2.04. The molecule has 0 unspecified atom stereocenters. The van der Waals surface area contributed by atoms with Gasteiger partial charge in [-0.1, -0.05) is 34.1 Å². The molecule has 6 nitrogen and oxygen atoms in total. The number of para-hydroxylation sites is 2. The van der Waals surface area contributed by atoms with Gasteiger partial charge in [-0.2, -0.15) is 0 Å². The quantitative estimate of drug-likeness (QED) is 0.543. The molecule has 0 spiro atoms. The van der Waals surface area contributed by atoms with Crippen molar-refractivity contribution in [1.29, 1.82) is 0 Å². The van der Waals surface area contributed by atoms with Crippen molar-refractivity contribution in [2.24, 2.45) is 0 Å². The van der Waals surface area contributed by atoms with Gasteiger partial charge >= 0.3 is 0 Å². The number of anilines is 3. The van der Waals surface area contributed by atoms with Crippen molar-refractivity contribution < 1.29 is 0 Å². The number of rotatable bonds is 3. The lowest BCUT2D eigenvalue weighted by Crippen LogP contribution is -2.05. The lowest BCUT2D eigenvalue weighted by molar-refractivity contribution is 1.00. The van der Waals surface area contributed by atoms with E-state index in [1.54, 1.807) is 6.07 Å². The summed E-state index contributed by atoms with van der Waals surface area (Å²) in [6.07, 6.45) is 1.45. The van der Waals surface area contributed by atoms with E-state index in [-0.39, 0.29) is 0 Å². The van der Waals surface area contributed by atoms with Crippen molar-refractivity contribution in [3.63, 3.8) is 0 Å². The molecule has 2 heterocycles. The van der Waals surface area contributed by atoms with E-state index in [9.17, 15) is 0 Å². The van der Waals surface area contributed by atoms with Gasteiger partial charge in [0.05, 0.1) is 11.0 Å². The second-order valence-corrected chi connectivity index (χ2v) is 6.45. The minimum absolute atomic E-state index is 0.410. The molecule has 0 amide bonds. The monoisotopic (exact) mass is 394 g/mol. The molecule has 0 aliphatic heterocycles. The number of nitrogens with two attached hydrogens (primary N) is 1. The third-order valence-electron chi connectivity index (χ3n) is 3.98. The molecular formula is C18H15BrN6. The highest BCUT2D eigenvalue weighted by atomic mass is 79.9. The van der Waals surface area contributed by atoms with Crippen molar-refractivity contribution in [2.45, 2.75) is 6.92 Å². The average molecular weight is 395 g/mol. The molecule has 4 rings (SSSR count). The first kappa shape index (κ1) is 15.6. The van der Waals surface area contributed by atoms with Gasteiger partial charge in [-0.3, -0.25) is 4.57 Å². The molecule has 0 aliphatic rings. The molecule has 3 N–H and O–H groups in total.